The molecular weight excluding hydrogens is 282 g/mol. The summed E-state index contributed by atoms with van der Waals surface area (Å²) >= 11 is 1.53. The number of aromatic nitrogens is 2. The number of nitrogens with one attached hydrogen (secondary N) is 2. The molecule has 5 nitrogen and oxygen atoms in total. The number of rotatable bonds is 6. The minimum absolute atomic E-state index is 0.750. The molecule has 0 radical (unpaired) electrons. The third-order valence-corrected chi connectivity index (χ3v) is 3.43. The average Bonchev–Trinajstić information content (AvgIpc) is 2.47. The lowest BCUT2D eigenvalue weighted by Crippen LogP contribution is -2.08. The second-order valence-corrected chi connectivity index (χ2v) is 5.50. The Labute approximate surface area is 130 Å². The highest BCUT2D eigenvalue weighted by Crippen LogP contribution is 2.23. The van der Waals surface area contributed by atoms with Crippen molar-refractivity contribution in [3.05, 3.63) is 30.3 Å². The largest absolute Gasteiger partial charge is 0.378 e. The molecule has 1 aromatic carbocycles. The van der Waals surface area contributed by atoms with Crippen molar-refractivity contribution in [3.8, 4) is 0 Å². The molecule has 1 heterocycles. The van der Waals surface area contributed by atoms with Gasteiger partial charge in [-0.25, -0.2) is 9.97 Å². The van der Waals surface area contributed by atoms with Gasteiger partial charge < -0.3 is 15.5 Å². The van der Waals surface area contributed by atoms with Crippen molar-refractivity contribution in [2.75, 3.05) is 42.4 Å². The van der Waals surface area contributed by atoms with Crippen LogP contribution in [0.5, 0.6) is 0 Å². The number of nitrogens with zero attached hydrogens (tertiary/aromatic N) is 3. The average molecular weight is 303 g/mol. The highest BCUT2D eigenvalue weighted by molar-refractivity contribution is 7.98. The first-order valence-electron chi connectivity index (χ1n) is 6.83. The van der Waals surface area contributed by atoms with E-state index in [1.807, 2.05) is 38.6 Å². The first kappa shape index (κ1) is 15.4. The van der Waals surface area contributed by atoms with Crippen LogP contribution in [0.25, 0.3) is 0 Å². The molecule has 0 atom stereocenters. The van der Waals surface area contributed by atoms with Crippen LogP contribution in [0.2, 0.25) is 0 Å². The Bertz CT molecular complexity index is 600. The van der Waals surface area contributed by atoms with Gasteiger partial charge in [-0.3, -0.25) is 0 Å². The summed E-state index contributed by atoms with van der Waals surface area (Å²) in [5, 5.41) is 7.32. The summed E-state index contributed by atoms with van der Waals surface area (Å²) in [6, 6.07) is 10.1. The highest BCUT2D eigenvalue weighted by Gasteiger charge is 2.05. The summed E-state index contributed by atoms with van der Waals surface area (Å²) in [6.45, 7) is 2.88. The van der Waals surface area contributed by atoms with Gasteiger partial charge in [-0.05, 0) is 31.4 Å². The molecule has 0 spiro atoms. The third-order valence-electron chi connectivity index (χ3n) is 2.88. The Hall–Kier alpha value is -1.95. The molecule has 0 amide bonds. The molecule has 6 heteroatoms. The third kappa shape index (κ3) is 4.26. The van der Waals surface area contributed by atoms with E-state index in [1.54, 1.807) is 0 Å². The Morgan fingerprint density at radius 2 is 1.90 bits per heavy atom. The molecule has 0 saturated heterocycles. The summed E-state index contributed by atoms with van der Waals surface area (Å²) in [5.41, 5.74) is 2.15. The summed E-state index contributed by atoms with van der Waals surface area (Å²) in [7, 11) is 4.05. The molecule has 2 rings (SSSR count). The van der Waals surface area contributed by atoms with Gasteiger partial charge in [-0.2, -0.15) is 0 Å². The Morgan fingerprint density at radius 1 is 1.14 bits per heavy atom. The van der Waals surface area contributed by atoms with Crippen LogP contribution in [0, 0.1) is 0 Å². The summed E-state index contributed by atoms with van der Waals surface area (Å²) in [6.07, 6.45) is 1.97. The van der Waals surface area contributed by atoms with Crippen molar-refractivity contribution < 1.29 is 0 Å². The van der Waals surface area contributed by atoms with Gasteiger partial charge in [0, 0.05) is 38.1 Å². The van der Waals surface area contributed by atoms with E-state index in [2.05, 4.69) is 44.6 Å². The van der Waals surface area contributed by atoms with Gasteiger partial charge in [0.25, 0.3) is 0 Å². The second-order valence-electron chi connectivity index (χ2n) is 4.73. The van der Waals surface area contributed by atoms with Crippen molar-refractivity contribution in [2.45, 2.75) is 12.1 Å². The van der Waals surface area contributed by atoms with Gasteiger partial charge >= 0.3 is 0 Å². The highest BCUT2D eigenvalue weighted by atomic mass is 32.2. The van der Waals surface area contributed by atoms with E-state index in [1.165, 1.54) is 11.8 Å². The number of benzene rings is 1. The molecule has 0 fully saturated rings. The van der Waals surface area contributed by atoms with E-state index in [0.717, 1.165) is 34.7 Å². The Kier molecular flexibility index (Phi) is 5.27. The summed E-state index contributed by atoms with van der Waals surface area (Å²) in [4.78, 5) is 11.0. The van der Waals surface area contributed by atoms with Crippen LogP contribution in [0.15, 0.2) is 35.5 Å². The SMILES string of the molecule is CCNc1cc(Nc2cccc(N(C)C)c2)nc(SC)n1. The van der Waals surface area contributed by atoms with Gasteiger partial charge in [0.15, 0.2) is 5.16 Å². The number of thioether (sulfide) groups is 1. The van der Waals surface area contributed by atoms with Crippen LogP contribution in [0.3, 0.4) is 0 Å². The van der Waals surface area contributed by atoms with Crippen LogP contribution in [-0.4, -0.2) is 36.9 Å². The lowest BCUT2D eigenvalue weighted by Gasteiger charge is -2.14. The molecule has 0 saturated carbocycles. The first-order valence-corrected chi connectivity index (χ1v) is 8.06. The molecule has 0 aliphatic heterocycles. The van der Waals surface area contributed by atoms with Gasteiger partial charge in [-0.15, -0.1) is 0 Å². The molecular formula is C15H21N5S. The van der Waals surface area contributed by atoms with Crippen LogP contribution in [0.4, 0.5) is 23.0 Å². The van der Waals surface area contributed by atoms with Gasteiger partial charge in [0.2, 0.25) is 0 Å². The molecule has 21 heavy (non-hydrogen) atoms. The Balaban J connectivity index is 2.25. The zero-order valence-electron chi connectivity index (χ0n) is 12.8. The van der Waals surface area contributed by atoms with Crippen LogP contribution in [0.1, 0.15) is 6.92 Å². The van der Waals surface area contributed by atoms with Crippen LogP contribution >= 0.6 is 11.8 Å². The van der Waals surface area contributed by atoms with Crippen LogP contribution in [-0.2, 0) is 0 Å². The molecule has 0 unspecified atom stereocenters. The molecule has 0 bridgehead atoms. The second kappa shape index (κ2) is 7.17. The fourth-order valence-corrected chi connectivity index (χ4v) is 2.24. The maximum atomic E-state index is 4.49. The van der Waals surface area contributed by atoms with E-state index in [9.17, 15) is 0 Å². The van der Waals surface area contributed by atoms with E-state index >= 15 is 0 Å². The molecule has 2 aromatic rings. The Morgan fingerprint density at radius 3 is 2.57 bits per heavy atom. The smallest absolute Gasteiger partial charge is 0.191 e. The number of hydrogen-bond acceptors (Lipinski definition) is 6. The first-order chi connectivity index (χ1) is 10.1. The van der Waals surface area contributed by atoms with E-state index in [-0.39, 0.29) is 0 Å². The van der Waals surface area contributed by atoms with Crippen molar-refractivity contribution in [1.82, 2.24) is 9.97 Å². The molecule has 0 aliphatic carbocycles. The maximum Gasteiger partial charge on any atom is 0.191 e. The summed E-state index contributed by atoms with van der Waals surface area (Å²) in [5.74, 6) is 1.63. The summed E-state index contributed by atoms with van der Waals surface area (Å²) < 4.78 is 0. The van der Waals surface area contributed by atoms with Gasteiger partial charge in [0.05, 0.1) is 0 Å². The van der Waals surface area contributed by atoms with E-state index in [4.69, 9.17) is 0 Å². The van der Waals surface area contributed by atoms with E-state index in [0.29, 0.717) is 0 Å². The zero-order valence-corrected chi connectivity index (χ0v) is 13.7. The quantitative estimate of drug-likeness (QED) is 0.630. The monoisotopic (exact) mass is 303 g/mol. The molecule has 2 N–H and O–H groups in total. The lowest BCUT2D eigenvalue weighted by atomic mass is 10.2. The fourth-order valence-electron chi connectivity index (χ4n) is 1.86. The molecule has 0 aliphatic rings. The maximum absolute atomic E-state index is 4.49. The topological polar surface area (TPSA) is 53.1 Å². The zero-order chi connectivity index (χ0) is 15.2. The minimum atomic E-state index is 0.750. The molecule has 112 valence electrons. The molecule has 1 aromatic heterocycles. The van der Waals surface area contributed by atoms with E-state index < -0.39 is 0 Å². The minimum Gasteiger partial charge on any atom is -0.378 e. The predicted molar refractivity (Wildman–Crippen MR) is 92.0 cm³/mol. The van der Waals surface area contributed by atoms with Crippen molar-refractivity contribution in [1.29, 1.82) is 0 Å². The normalized spacial score (nSPS) is 10.3. The van der Waals surface area contributed by atoms with Gasteiger partial charge in [-0.1, -0.05) is 17.8 Å². The van der Waals surface area contributed by atoms with Crippen LogP contribution < -0.4 is 15.5 Å². The predicted octanol–water partition coefficient (Wildman–Crippen LogP) is 3.44. The number of hydrogen-bond donors (Lipinski definition) is 2. The lowest BCUT2D eigenvalue weighted by molar-refractivity contribution is 0.967. The van der Waals surface area contributed by atoms with Gasteiger partial charge in [0.1, 0.15) is 11.6 Å². The fraction of sp³-hybridized carbons (Fsp3) is 0.333. The van der Waals surface area contributed by atoms with Crippen molar-refractivity contribution in [2.24, 2.45) is 0 Å². The standard InChI is InChI=1S/C15H21N5S/c1-5-16-13-10-14(19-15(18-13)21-4)17-11-7-6-8-12(9-11)20(2)3/h6-10H,5H2,1-4H3,(H2,16,17,18,19). The number of anilines is 4. The van der Waals surface area contributed by atoms with Crippen molar-refractivity contribution >= 4 is 34.8 Å². The van der Waals surface area contributed by atoms with Crippen molar-refractivity contribution in [3.63, 3.8) is 0 Å².